The molecule has 0 aliphatic carbocycles. The van der Waals surface area contributed by atoms with E-state index in [0.29, 0.717) is 13.2 Å². The largest absolute Gasteiger partial charge is 0.417 e. The van der Waals surface area contributed by atoms with E-state index < -0.39 is 11.7 Å². The molecule has 1 aromatic rings. The number of methoxy groups -OCH3 is 1. The second kappa shape index (κ2) is 6.93. The Labute approximate surface area is 113 Å². The number of aliphatic hydroxyl groups is 1. The van der Waals surface area contributed by atoms with Crippen molar-refractivity contribution in [3.05, 3.63) is 22.8 Å². The number of hydrogen-bond acceptors (Lipinski definition) is 4. The van der Waals surface area contributed by atoms with Crippen molar-refractivity contribution >= 4 is 17.4 Å². The van der Waals surface area contributed by atoms with E-state index >= 15 is 0 Å². The minimum atomic E-state index is -4.48. The van der Waals surface area contributed by atoms with Gasteiger partial charge in [-0.25, -0.2) is 4.98 Å². The summed E-state index contributed by atoms with van der Waals surface area (Å²) in [6.45, 7) is 0.762. The van der Waals surface area contributed by atoms with Crippen molar-refractivity contribution in [1.82, 2.24) is 4.98 Å². The summed E-state index contributed by atoms with van der Waals surface area (Å²) in [6.07, 6.45) is -3.76. The molecule has 0 fully saturated rings. The van der Waals surface area contributed by atoms with Crippen LogP contribution in [0.5, 0.6) is 0 Å². The van der Waals surface area contributed by atoms with E-state index in [1.807, 2.05) is 0 Å². The summed E-state index contributed by atoms with van der Waals surface area (Å²) in [5.74, 6) is 0.195. The van der Waals surface area contributed by atoms with Crippen molar-refractivity contribution in [2.75, 3.05) is 38.3 Å². The number of pyridine rings is 1. The van der Waals surface area contributed by atoms with Crippen molar-refractivity contribution in [1.29, 1.82) is 0 Å². The maximum atomic E-state index is 12.5. The van der Waals surface area contributed by atoms with Gasteiger partial charge in [-0.3, -0.25) is 0 Å². The van der Waals surface area contributed by atoms with Crippen LogP contribution in [0.15, 0.2) is 12.3 Å². The summed E-state index contributed by atoms with van der Waals surface area (Å²) < 4.78 is 42.3. The minimum Gasteiger partial charge on any atom is -0.395 e. The van der Waals surface area contributed by atoms with Crippen molar-refractivity contribution in [3.8, 4) is 0 Å². The van der Waals surface area contributed by atoms with Crippen LogP contribution in [0.4, 0.5) is 19.0 Å². The van der Waals surface area contributed by atoms with Crippen LogP contribution < -0.4 is 4.90 Å². The van der Waals surface area contributed by atoms with Gasteiger partial charge in [-0.05, 0) is 6.07 Å². The summed E-state index contributed by atoms with van der Waals surface area (Å²) in [6, 6.07) is 0.821. The maximum Gasteiger partial charge on any atom is 0.417 e. The first-order valence-electron chi connectivity index (χ1n) is 5.47. The van der Waals surface area contributed by atoms with Crippen LogP contribution in [0, 0.1) is 0 Å². The third-order valence-corrected chi connectivity index (χ3v) is 2.66. The van der Waals surface area contributed by atoms with E-state index in [9.17, 15) is 13.2 Å². The summed E-state index contributed by atoms with van der Waals surface area (Å²) >= 11 is 5.82. The number of halogens is 4. The number of hydrogen-bond donors (Lipinski definition) is 1. The fraction of sp³-hybridized carbons (Fsp3) is 0.545. The monoisotopic (exact) mass is 298 g/mol. The van der Waals surface area contributed by atoms with Gasteiger partial charge in [0, 0.05) is 26.4 Å². The fourth-order valence-corrected chi connectivity index (χ4v) is 1.75. The van der Waals surface area contributed by atoms with E-state index in [1.165, 1.54) is 7.11 Å². The first-order valence-corrected chi connectivity index (χ1v) is 5.85. The van der Waals surface area contributed by atoms with Gasteiger partial charge >= 0.3 is 6.18 Å². The van der Waals surface area contributed by atoms with Crippen molar-refractivity contribution in [2.24, 2.45) is 0 Å². The number of aliphatic hydroxyl groups excluding tert-OH is 1. The molecule has 0 spiro atoms. The normalized spacial score (nSPS) is 11.7. The van der Waals surface area contributed by atoms with Gasteiger partial charge in [0.05, 0.1) is 23.8 Å². The molecule has 0 amide bonds. The Hall–Kier alpha value is -1.05. The third kappa shape index (κ3) is 4.52. The average Bonchev–Trinajstić information content (AvgIpc) is 2.33. The summed E-state index contributed by atoms with van der Waals surface area (Å²) in [5, 5.41) is 8.83. The van der Waals surface area contributed by atoms with Gasteiger partial charge in [-0.2, -0.15) is 13.2 Å². The van der Waals surface area contributed by atoms with Gasteiger partial charge in [0.1, 0.15) is 5.82 Å². The number of alkyl halides is 3. The fourth-order valence-electron chi connectivity index (χ4n) is 1.46. The molecule has 0 unspecified atom stereocenters. The topological polar surface area (TPSA) is 45.6 Å². The van der Waals surface area contributed by atoms with Crippen LogP contribution in [0.3, 0.4) is 0 Å². The van der Waals surface area contributed by atoms with E-state index in [0.717, 1.165) is 12.3 Å². The zero-order valence-corrected chi connectivity index (χ0v) is 11.0. The van der Waals surface area contributed by atoms with Crippen molar-refractivity contribution in [2.45, 2.75) is 6.18 Å². The molecule has 1 heterocycles. The summed E-state index contributed by atoms with van der Waals surface area (Å²) in [4.78, 5) is 5.29. The van der Waals surface area contributed by atoms with Gasteiger partial charge in [0.25, 0.3) is 0 Å². The van der Waals surface area contributed by atoms with Crippen molar-refractivity contribution in [3.63, 3.8) is 0 Å². The zero-order chi connectivity index (χ0) is 14.5. The predicted octanol–water partition coefficient (Wildman–Crippen LogP) is 2.20. The molecular weight excluding hydrogens is 285 g/mol. The Morgan fingerprint density at radius 3 is 2.58 bits per heavy atom. The maximum absolute atomic E-state index is 12.5. The molecule has 0 saturated carbocycles. The SMILES string of the molecule is COCCN(CCO)c1ncc(C(F)(F)F)cc1Cl. The summed E-state index contributed by atoms with van der Waals surface area (Å²) in [5.41, 5.74) is -0.906. The molecule has 0 aliphatic rings. The number of aromatic nitrogens is 1. The molecular formula is C11H14ClF3N2O2. The number of rotatable bonds is 6. The zero-order valence-electron chi connectivity index (χ0n) is 10.2. The first-order chi connectivity index (χ1) is 8.90. The molecule has 0 bridgehead atoms. The van der Waals surface area contributed by atoms with Crippen LogP contribution >= 0.6 is 11.6 Å². The highest BCUT2D eigenvalue weighted by Crippen LogP contribution is 2.33. The van der Waals surface area contributed by atoms with Crippen molar-refractivity contribution < 1.29 is 23.0 Å². The van der Waals surface area contributed by atoms with E-state index in [-0.39, 0.29) is 24.0 Å². The number of anilines is 1. The number of ether oxygens (including phenoxy) is 1. The third-order valence-electron chi connectivity index (χ3n) is 2.38. The van der Waals surface area contributed by atoms with Gasteiger partial charge in [-0.1, -0.05) is 11.6 Å². The molecule has 0 radical (unpaired) electrons. The van der Waals surface area contributed by atoms with Gasteiger partial charge in [0.15, 0.2) is 0 Å². The molecule has 19 heavy (non-hydrogen) atoms. The molecule has 1 N–H and O–H groups in total. The first kappa shape index (κ1) is 16.0. The van der Waals surface area contributed by atoms with Crippen LogP contribution in [0.1, 0.15) is 5.56 Å². The van der Waals surface area contributed by atoms with Gasteiger partial charge < -0.3 is 14.7 Å². The average molecular weight is 299 g/mol. The predicted molar refractivity (Wildman–Crippen MR) is 65.4 cm³/mol. The van der Waals surface area contributed by atoms with Gasteiger partial charge in [-0.15, -0.1) is 0 Å². The standard InChI is InChI=1S/C11H14ClF3N2O2/c1-19-5-3-17(2-4-18)10-9(12)6-8(7-16-10)11(13,14)15/h6-7,18H,2-5H2,1H3. The smallest absolute Gasteiger partial charge is 0.395 e. The van der Waals surface area contributed by atoms with E-state index in [1.54, 1.807) is 4.90 Å². The highest BCUT2D eigenvalue weighted by atomic mass is 35.5. The van der Waals surface area contributed by atoms with Crippen LogP contribution in [-0.2, 0) is 10.9 Å². The quantitative estimate of drug-likeness (QED) is 0.874. The molecule has 8 heteroatoms. The second-order valence-corrected chi connectivity index (χ2v) is 4.14. The Balaban J connectivity index is 2.97. The highest BCUT2D eigenvalue weighted by Gasteiger charge is 2.32. The lowest BCUT2D eigenvalue weighted by molar-refractivity contribution is -0.137. The Bertz CT molecular complexity index is 415. The molecule has 0 aromatic carbocycles. The molecule has 1 rings (SSSR count). The minimum absolute atomic E-state index is 0.112. The molecule has 1 aromatic heterocycles. The molecule has 4 nitrogen and oxygen atoms in total. The van der Waals surface area contributed by atoms with Crippen LogP contribution in [0.25, 0.3) is 0 Å². The highest BCUT2D eigenvalue weighted by molar-refractivity contribution is 6.33. The van der Waals surface area contributed by atoms with Crippen LogP contribution in [0.2, 0.25) is 5.02 Å². The Morgan fingerprint density at radius 2 is 2.11 bits per heavy atom. The molecule has 0 atom stereocenters. The Kier molecular flexibility index (Phi) is 5.84. The lowest BCUT2D eigenvalue weighted by Crippen LogP contribution is -2.31. The Morgan fingerprint density at radius 1 is 1.42 bits per heavy atom. The molecule has 0 aliphatic heterocycles. The molecule has 0 saturated heterocycles. The lowest BCUT2D eigenvalue weighted by Gasteiger charge is -2.23. The van der Waals surface area contributed by atoms with Crippen LogP contribution in [-0.4, -0.2) is 43.5 Å². The van der Waals surface area contributed by atoms with E-state index in [2.05, 4.69) is 4.98 Å². The second-order valence-electron chi connectivity index (χ2n) is 3.73. The molecule has 108 valence electrons. The number of nitrogens with zero attached hydrogens (tertiary/aromatic N) is 2. The lowest BCUT2D eigenvalue weighted by atomic mass is 10.2. The van der Waals surface area contributed by atoms with Gasteiger partial charge in [0.2, 0.25) is 0 Å². The van der Waals surface area contributed by atoms with E-state index in [4.69, 9.17) is 21.4 Å². The summed E-state index contributed by atoms with van der Waals surface area (Å²) in [7, 11) is 1.50.